The largest absolute Gasteiger partial charge is 0.493 e. The molecule has 0 heterocycles. The molecule has 3 N–H and O–H groups in total. The van der Waals surface area contributed by atoms with E-state index in [1.54, 1.807) is 66.7 Å². The van der Waals surface area contributed by atoms with Gasteiger partial charge in [0.05, 0.1) is 25.2 Å². The number of aliphatic carboxylic acids is 1. The number of nitrogens with zero attached hydrogens (tertiary/aromatic N) is 1. The number of hydrogen-bond acceptors (Lipinski definition) is 6. The first-order chi connectivity index (χ1) is 19.0. The predicted octanol–water partition coefficient (Wildman–Crippen LogP) is 5.56. The lowest BCUT2D eigenvalue weighted by Gasteiger charge is -2.20. The number of ether oxygens (including phenoxy) is 2. The van der Waals surface area contributed by atoms with Crippen molar-refractivity contribution in [2.24, 2.45) is 0 Å². The Labute approximate surface area is 226 Å². The zero-order valence-corrected chi connectivity index (χ0v) is 21.3. The Morgan fingerprint density at radius 2 is 1.62 bits per heavy atom. The van der Waals surface area contributed by atoms with Crippen molar-refractivity contribution in [1.82, 2.24) is 0 Å². The van der Waals surface area contributed by atoms with Crippen LogP contribution < -0.4 is 20.1 Å². The maximum absolute atomic E-state index is 13.0. The topological polar surface area (TPSA) is 121 Å². The number of hydrogen-bond donors (Lipinski definition) is 3. The highest BCUT2D eigenvalue weighted by atomic mass is 16.5. The summed E-state index contributed by atoms with van der Waals surface area (Å²) in [5.41, 5.74) is 3.50. The van der Waals surface area contributed by atoms with Crippen LogP contribution in [0, 0.1) is 11.3 Å². The van der Waals surface area contributed by atoms with E-state index < -0.39 is 12.0 Å². The molecule has 8 heteroatoms. The van der Waals surface area contributed by atoms with E-state index >= 15 is 0 Å². The molecule has 4 aromatic rings. The normalized spacial score (nSPS) is 11.1. The Morgan fingerprint density at radius 3 is 2.31 bits per heavy atom. The number of methoxy groups -OCH3 is 1. The molecule has 4 aromatic carbocycles. The SMILES string of the molecule is COc1cc(CC(=O)Nc2ccccc2C(Nc2ccc(C#N)cc2)C(=O)O)ccc1OCc1ccccc1. The summed E-state index contributed by atoms with van der Waals surface area (Å²) in [5.74, 6) is -0.356. The summed E-state index contributed by atoms with van der Waals surface area (Å²) in [6.45, 7) is 0.384. The molecule has 0 saturated heterocycles. The molecule has 0 aliphatic heterocycles. The second kappa shape index (κ2) is 12.8. The van der Waals surface area contributed by atoms with Gasteiger partial charge >= 0.3 is 5.97 Å². The standard InChI is InChI=1S/C31H27N3O5/c1-38-28-17-23(13-16-27(28)39-20-22-7-3-2-4-8-22)18-29(35)34-26-10-6-5-9-25(26)30(31(36)37)33-24-14-11-21(19-32)12-15-24/h2-17,30,33H,18,20H2,1H3,(H,34,35)(H,36,37). The number of nitrogens with one attached hydrogen (secondary N) is 2. The molecule has 0 radical (unpaired) electrons. The van der Waals surface area contributed by atoms with Crippen molar-refractivity contribution in [2.75, 3.05) is 17.7 Å². The van der Waals surface area contributed by atoms with Crippen molar-refractivity contribution in [1.29, 1.82) is 5.26 Å². The second-order valence-electron chi connectivity index (χ2n) is 8.68. The maximum Gasteiger partial charge on any atom is 0.330 e. The Morgan fingerprint density at radius 1 is 0.897 bits per heavy atom. The molecule has 39 heavy (non-hydrogen) atoms. The minimum Gasteiger partial charge on any atom is -0.493 e. The van der Waals surface area contributed by atoms with Crippen LogP contribution in [0.1, 0.15) is 28.3 Å². The van der Waals surface area contributed by atoms with E-state index in [2.05, 4.69) is 10.6 Å². The summed E-state index contributed by atoms with van der Waals surface area (Å²) in [4.78, 5) is 25.1. The molecule has 1 atom stereocenters. The zero-order valence-electron chi connectivity index (χ0n) is 21.3. The molecule has 1 amide bonds. The molecule has 0 bridgehead atoms. The lowest BCUT2D eigenvalue weighted by Crippen LogP contribution is -2.23. The summed E-state index contributed by atoms with van der Waals surface area (Å²) in [6.07, 6.45) is 0.0461. The predicted molar refractivity (Wildman–Crippen MR) is 148 cm³/mol. The third-order valence-corrected chi connectivity index (χ3v) is 5.95. The quantitative estimate of drug-likeness (QED) is 0.236. The Bertz CT molecular complexity index is 1480. The fraction of sp³-hybridized carbons (Fsp3) is 0.129. The van der Waals surface area contributed by atoms with Crippen molar-refractivity contribution in [3.63, 3.8) is 0 Å². The molecule has 196 valence electrons. The minimum atomic E-state index is -1.13. The average molecular weight is 522 g/mol. The van der Waals surface area contributed by atoms with Gasteiger partial charge in [0.2, 0.25) is 5.91 Å². The highest BCUT2D eigenvalue weighted by molar-refractivity contribution is 5.94. The summed E-state index contributed by atoms with van der Waals surface area (Å²) < 4.78 is 11.4. The van der Waals surface area contributed by atoms with Crippen LogP contribution in [0.2, 0.25) is 0 Å². The number of anilines is 2. The molecule has 0 saturated carbocycles. The van der Waals surface area contributed by atoms with Crippen molar-refractivity contribution < 1.29 is 24.2 Å². The van der Waals surface area contributed by atoms with E-state index in [-0.39, 0.29) is 12.3 Å². The fourth-order valence-corrected chi connectivity index (χ4v) is 4.00. The second-order valence-corrected chi connectivity index (χ2v) is 8.68. The highest BCUT2D eigenvalue weighted by Crippen LogP contribution is 2.30. The van der Waals surface area contributed by atoms with Gasteiger partial charge in [-0.2, -0.15) is 5.26 Å². The Kier molecular flexibility index (Phi) is 8.78. The van der Waals surface area contributed by atoms with Gasteiger partial charge in [-0.05, 0) is 53.6 Å². The molecule has 8 nitrogen and oxygen atoms in total. The molecule has 1 unspecified atom stereocenters. The molecule has 0 fully saturated rings. The highest BCUT2D eigenvalue weighted by Gasteiger charge is 2.23. The van der Waals surface area contributed by atoms with Crippen LogP contribution in [0.25, 0.3) is 0 Å². The fourth-order valence-electron chi connectivity index (χ4n) is 4.00. The molecule has 0 aliphatic carbocycles. The van der Waals surface area contributed by atoms with Gasteiger partial charge in [0.25, 0.3) is 0 Å². The molecule has 0 aliphatic rings. The van der Waals surface area contributed by atoms with Crippen molar-refractivity contribution in [3.05, 3.63) is 119 Å². The van der Waals surface area contributed by atoms with Gasteiger partial charge < -0.3 is 25.2 Å². The molecule has 4 rings (SSSR count). The lowest BCUT2D eigenvalue weighted by molar-refractivity contribution is -0.138. The number of carboxylic acids is 1. The number of carboxylic acid groups (broad SMARTS) is 1. The summed E-state index contributed by atoms with van der Waals surface area (Å²) in [5, 5.41) is 24.7. The van der Waals surface area contributed by atoms with E-state index in [1.165, 1.54) is 7.11 Å². The van der Waals surface area contributed by atoms with E-state index in [9.17, 15) is 14.7 Å². The number of carbonyl (C=O) groups is 2. The Balaban J connectivity index is 1.45. The van der Waals surface area contributed by atoms with Gasteiger partial charge in [-0.25, -0.2) is 4.79 Å². The first-order valence-corrected chi connectivity index (χ1v) is 12.2. The van der Waals surface area contributed by atoms with E-state index in [0.29, 0.717) is 46.2 Å². The summed E-state index contributed by atoms with van der Waals surface area (Å²) in [7, 11) is 1.54. The van der Waals surface area contributed by atoms with Gasteiger partial charge in [0, 0.05) is 16.9 Å². The molecule has 0 aromatic heterocycles. The summed E-state index contributed by atoms with van der Waals surface area (Å²) >= 11 is 0. The number of benzene rings is 4. The first-order valence-electron chi connectivity index (χ1n) is 12.2. The van der Waals surface area contributed by atoms with Crippen LogP contribution in [0.4, 0.5) is 11.4 Å². The van der Waals surface area contributed by atoms with Crippen molar-refractivity contribution >= 4 is 23.3 Å². The molecular weight excluding hydrogens is 494 g/mol. The number of rotatable bonds is 11. The van der Waals surface area contributed by atoms with Crippen LogP contribution in [0.3, 0.4) is 0 Å². The first kappa shape index (κ1) is 26.8. The van der Waals surface area contributed by atoms with E-state index in [0.717, 1.165) is 5.56 Å². The van der Waals surface area contributed by atoms with Crippen molar-refractivity contribution in [3.8, 4) is 17.6 Å². The van der Waals surface area contributed by atoms with Gasteiger partial charge in [-0.15, -0.1) is 0 Å². The third-order valence-electron chi connectivity index (χ3n) is 5.95. The number of carbonyl (C=O) groups excluding carboxylic acids is 1. The van der Waals surface area contributed by atoms with Crippen molar-refractivity contribution in [2.45, 2.75) is 19.1 Å². The lowest BCUT2D eigenvalue weighted by atomic mass is 10.0. The van der Waals surface area contributed by atoms with E-state index in [1.807, 2.05) is 36.4 Å². The average Bonchev–Trinajstić information content (AvgIpc) is 2.96. The van der Waals surface area contributed by atoms with Gasteiger partial charge in [0.15, 0.2) is 17.5 Å². The monoisotopic (exact) mass is 521 g/mol. The smallest absolute Gasteiger partial charge is 0.330 e. The van der Waals surface area contributed by atoms with Gasteiger partial charge in [0.1, 0.15) is 6.61 Å². The molecule has 0 spiro atoms. The number of amides is 1. The van der Waals surface area contributed by atoms with Crippen LogP contribution in [0.5, 0.6) is 11.5 Å². The van der Waals surface area contributed by atoms with Crippen LogP contribution in [-0.2, 0) is 22.6 Å². The summed E-state index contributed by atoms with van der Waals surface area (Å²) in [6, 6.07) is 29.2. The number of para-hydroxylation sites is 1. The third kappa shape index (κ3) is 7.14. The van der Waals surface area contributed by atoms with Crippen LogP contribution >= 0.6 is 0 Å². The van der Waals surface area contributed by atoms with Gasteiger partial charge in [-0.1, -0.05) is 54.6 Å². The van der Waals surface area contributed by atoms with Gasteiger partial charge in [-0.3, -0.25) is 4.79 Å². The van der Waals surface area contributed by atoms with E-state index in [4.69, 9.17) is 14.7 Å². The maximum atomic E-state index is 13.0. The van der Waals surface area contributed by atoms with Crippen LogP contribution in [-0.4, -0.2) is 24.1 Å². The Hall–Kier alpha value is -5.29. The number of nitriles is 1. The van der Waals surface area contributed by atoms with Crippen LogP contribution in [0.15, 0.2) is 97.1 Å². The zero-order chi connectivity index (χ0) is 27.6. The minimum absolute atomic E-state index is 0.0461. The molecular formula is C31H27N3O5.